The van der Waals surface area contributed by atoms with Crippen molar-refractivity contribution in [1.29, 1.82) is 0 Å². The van der Waals surface area contributed by atoms with Gasteiger partial charge in [-0.15, -0.1) is 11.6 Å². The van der Waals surface area contributed by atoms with Gasteiger partial charge in [0.2, 0.25) is 5.91 Å². The quantitative estimate of drug-likeness (QED) is 0.144. The molecule has 1 aromatic rings. The number of carbonyl (C=O) groups excluding carboxylic acids is 3. The fourth-order valence-electron chi connectivity index (χ4n) is 5.08. The third-order valence-electron chi connectivity index (χ3n) is 7.44. The van der Waals surface area contributed by atoms with Gasteiger partial charge in [-0.3, -0.25) is 19.3 Å². The van der Waals surface area contributed by atoms with Gasteiger partial charge in [-0.05, 0) is 75.6 Å². The van der Waals surface area contributed by atoms with Gasteiger partial charge in [-0.25, -0.2) is 4.99 Å². The Kier molecular flexibility index (Phi) is 14.3. The minimum Gasteiger partial charge on any atom is -0.508 e. The van der Waals surface area contributed by atoms with E-state index in [0.717, 1.165) is 69.4 Å². The number of hydrogen-bond donors (Lipinski definition) is 2. The number of phenolic OH excluding ortho intramolecular Hbond substituents is 1. The Labute approximate surface area is 248 Å². The highest BCUT2D eigenvalue weighted by Gasteiger charge is 2.31. The zero-order valence-corrected chi connectivity index (χ0v) is 24.9. The van der Waals surface area contributed by atoms with Crippen LogP contribution in [0.15, 0.2) is 35.0 Å². The highest BCUT2D eigenvalue weighted by atomic mass is 35.5. The van der Waals surface area contributed by atoms with Crippen LogP contribution in [0.4, 0.5) is 0 Å². The second-order valence-electron chi connectivity index (χ2n) is 10.7. The first-order valence-electron chi connectivity index (χ1n) is 14.8. The van der Waals surface area contributed by atoms with E-state index >= 15 is 0 Å². The van der Waals surface area contributed by atoms with Crippen molar-refractivity contribution in [3.05, 3.63) is 35.5 Å². The van der Waals surface area contributed by atoms with Gasteiger partial charge in [0.1, 0.15) is 29.6 Å². The summed E-state index contributed by atoms with van der Waals surface area (Å²) >= 11 is 5.66. The smallest absolute Gasteiger partial charge is 0.278 e. The zero-order valence-electron chi connectivity index (χ0n) is 24.1. The van der Waals surface area contributed by atoms with Crippen molar-refractivity contribution < 1.29 is 29.0 Å². The maximum atomic E-state index is 12.8. The zero-order chi connectivity index (χ0) is 29.5. The molecule has 2 N–H and O–H groups in total. The lowest BCUT2D eigenvalue weighted by atomic mass is 9.82. The first-order chi connectivity index (χ1) is 19.9. The molecule has 3 rings (SSSR count). The van der Waals surface area contributed by atoms with E-state index in [4.69, 9.17) is 21.1 Å². The SMILES string of the molecule is CC1=N/C(=C/c2ccc(O)cc2)C(=O)N1CC(=O)NC1CCC(C(=O)CCCOCCOCCCCCCCl)CC1. The molecule has 1 saturated carbocycles. The summed E-state index contributed by atoms with van der Waals surface area (Å²) in [6.07, 6.45) is 10.3. The first-order valence-corrected chi connectivity index (χ1v) is 15.3. The summed E-state index contributed by atoms with van der Waals surface area (Å²) in [4.78, 5) is 43.9. The second kappa shape index (κ2) is 17.9. The molecule has 0 atom stereocenters. The molecular formula is C31H44ClN3O6. The van der Waals surface area contributed by atoms with E-state index in [2.05, 4.69) is 10.3 Å². The molecule has 0 saturated heterocycles. The molecule has 0 bridgehead atoms. The lowest BCUT2D eigenvalue weighted by Crippen LogP contribution is -2.45. The Balaban J connectivity index is 1.26. The molecule has 0 radical (unpaired) electrons. The van der Waals surface area contributed by atoms with E-state index in [0.29, 0.717) is 38.5 Å². The molecule has 9 nitrogen and oxygen atoms in total. The minimum atomic E-state index is -0.328. The highest BCUT2D eigenvalue weighted by Crippen LogP contribution is 2.26. The Hall–Kier alpha value is -2.75. The molecule has 41 heavy (non-hydrogen) atoms. The van der Waals surface area contributed by atoms with Gasteiger partial charge in [0.25, 0.3) is 5.91 Å². The number of phenols is 1. The monoisotopic (exact) mass is 589 g/mol. The van der Waals surface area contributed by atoms with E-state index in [9.17, 15) is 19.5 Å². The number of Topliss-reactive ketones (excluding diaryl/α,β-unsaturated/α-hetero) is 1. The van der Waals surface area contributed by atoms with Crippen molar-refractivity contribution in [2.45, 2.75) is 77.2 Å². The molecule has 0 unspecified atom stereocenters. The Bertz CT molecular complexity index is 1050. The third-order valence-corrected chi connectivity index (χ3v) is 7.71. The van der Waals surface area contributed by atoms with Crippen molar-refractivity contribution in [3.63, 3.8) is 0 Å². The lowest BCUT2D eigenvalue weighted by Gasteiger charge is -2.29. The van der Waals surface area contributed by atoms with Crippen LogP contribution < -0.4 is 5.32 Å². The summed E-state index contributed by atoms with van der Waals surface area (Å²) in [5.41, 5.74) is 0.987. The summed E-state index contributed by atoms with van der Waals surface area (Å²) in [6.45, 7) is 4.03. The number of halogens is 1. The molecule has 10 heteroatoms. The largest absolute Gasteiger partial charge is 0.508 e. The standard InChI is InChI=1S/C31H44ClN3O6/c1-23-33-28(21-24-8-14-27(36)15-9-24)31(39)35(23)22-30(38)34-26-12-10-25(11-13-26)29(37)7-6-18-41-20-19-40-17-5-3-2-4-16-32/h8-9,14-15,21,25-26,36H,2-7,10-13,16-20,22H2,1H3,(H,34,38)/b28-21+. The molecule has 2 amide bonds. The number of hydrogen-bond acceptors (Lipinski definition) is 7. The van der Waals surface area contributed by atoms with Gasteiger partial charge in [0, 0.05) is 37.5 Å². The van der Waals surface area contributed by atoms with Crippen molar-refractivity contribution in [3.8, 4) is 5.75 Å². The molecule has 2 aliphatic rings. The van der Waals surface area contributed by atoms with Gasteiger partial charge >= 0.3 is 0 Å². The lowest BCUT2D eigenvalue weighted by molar-refractivity contribution is -0.129. The average Bonchev–Trinajstić information content (AvgIpc) is 3.22. The number of unbranched alkanes of at least 4 members (excludes halogenated alkanes) is 3. The van der Waals surface area contributed by atoms with Gasteiger partial charge in [0.15, 0.2) is 0 Å². The van der Waals surface area contributed by atoms with E-state index in [-0.39, 0.29) is 47.5 Å². The van der Waals surface area contributed by atoms with Gasteiger partial charge in [0.05, 0.1) is 13.2 Å². The molecule has 1 aromatic carbocycles. The fraction of sp³-hybridized carbons (Fsp3) is 0.613. The van der Waals surface area contributed by atoms with Crippen LogP contribution in [0.25, 0.3) is 6.08 Å². The maximum Gasteiger partial charge on any atom is 0.278 e. The van der Waals surface area contributed by atoms with Gasteiger partial charge in [-0.1, -0.05) is 25.0 Å². The predicted molar refractivity (Wildman–Crippen MR) is 160 cm³/mol. The van der Waals surface area contributed by atoms with E-state index in [1.165, 1.54) is 17.0 Å². The van der Waals surface area contributed by atoms with E-state index in [1.807, 2.05) is 0 Å². The molecule has 1 fully saturated rings. The van der Waals surface area contributed by atoms with Gasteiger partial charge < -0.3 is 19.9 Å². The maximum absolute atomic E-state index is 12.8. The number of amidine groups is 1. The molecular weight excluding hydrogens is 546 g/mol. The van der Waals surface area contributed by atoms with Crippen LogP contribution in [-0.4, -0.2) is 78.3 Å². The summed E-state index contributed by atoms with van der Waals surface area (Å²) in [5, 5.41) is 12.5. The molecule has 1 heterocycles. The molecule has 1 aliphatic heterocycles. The number of benzene rings is 1. The summed E-state index contributed by atoms with van der Waals surface area (Å²) in [6, 6.07) is 6.46. The Morgan fingerprint density at radius 1 is 1.00 bits per heavy atom. The minimum absolute atomic E-state index is 0.00262. The number of ketones is 1. The van der Waals surface area contributed by atoms with Crippen LogP contribution in [-0.2, 0) is 23.9 Å². The third kappa shape index (κ3) is 11.6. The number of nitrogens with zero attached hydrogens (tertiary/aromatic N) is 2. The number of aliphatic imine (C=N–C) groups is 1. The van der Waals surface area contributed by atoms with Crippen LogP contribution in [0.5, 0.6) is 5.75 Å². The first kappa shape index (κ1) is 32.8. The molecule has 1 aliphatic carbocycles. The van der Waals surface area contributed by atoms with Crippen LogP contribution in [0, 0.1) is 5.92 Å². The van der Waals surface area contributed by atoms with Crippen molar-refractivity contribution in [1.82, 2.24) is 10.2 Å². The van der Waals surface area contributed by atoms with Crippen LogP contribution in [0.2, 0.25) is 0 Å². The number of alkyl halides is 1. The summed E-state index contributed by atoms with van der Waals surface area (Å²) in [5.74, 6) is 1.08. The normalized spacial score (nSPS) is 20.0. The van der Waals surface area contributed by atoms with Crippen LogP contribution >= 0.6 is 11.6 Å². The topological polar surface area (TPSA) is 118 Å². The number of rotatable bonds is 18. The second-order valence-corrected chi connectivity index (χ2v) is 11.1. The fourth-order valence-corrected chi connectivity index (χ4v) is 5.27. The van der Waals surface area contributed by atoms with Crippen molar-refractivity contribution >= 4 is 41.1 Å². The van der Waals surface area contributed by atoms with Crippen molar-refractivity contribution in [2.75, 3.05) is 38.9 Å². The number of amides is 2. The number of aromatic hydroxyl groups is 1. The average molecular weight is 590 g/mol. The number of nitrogens with one attached hydrogen (secondary N) is 1. The number of carbonyl (C=O) groups is 3. The van der Waals surface area contributed by atoms with E-state index in [1.54, 1.807) is 25.1 Å². The summed E-state index contributed by atoms with van der Waals surface area (Å²) < 4.78 is 11.2. The van der Waals surface area contributed by atoms with Crippen molar-refractivity contribution in [2.24, 2.45) is 10.9 Å². The van der Waals surface area contributed by atoms with E-state index < -0.39 is 0 Å². The Morgan fingerprint density at radius 3 is 2.34 bits per heavy atom. The number of ether oxygens (including phenoxy) is 2. The Morgan fingerprint density at radius 2 is 1.66 bits per heavy atom. The molecule has 0 spiro atoms. The predicted octanol–water partition coefficient (Wildman–Crippen LogP) is 4.85. The van der Waals surface area contributed by atoms with Gasteiger partial charge in [-0.2, -0.15) is 0 Å². The molecule has 226 valence electrons. The molecule has 0 aromatic heterocycles. The van der Waals surface area contributed by atoms with Crippen LogP contribution in [0.1, 0.15) is 76.7 Å². The summed E-state index contributed by atoms with van der Waals surface area (Å²) in [7, 11) is 0. The van der Waals surface area contributed by atoms with Crippen LogP contribution in [0.3, 0.4) is 0 Å². The highest BCUT2D eigenvalue weighted by molar-refractivity contribution is 6.17.